The monoisotopic (exact) mass is 411 g/mol. The van der Waals surface area contributed by atoms with E-state index in [1.165, 1.54) is 4.88 Å². The van der Waals surface area contributed by atoms with Gasteiger partial charge in [0.1, 0.15) is 22.1 Å². The summed E-state index contributed by atoms with van der Waals surface area (Å²) in [7, 11) is 1.69. The van der Waals surface area contributed by atoms with E-state index in [9.17, 15) is 0 Å². The van der Waals surface area contributed by atoms with Crippen molar-refractivity contribution in [3.8, 4) is 22.1 Å². The van der Waals surface area contributed by atoms with E-state index in [0.29, 0.717) is 5.92 Å². The summed E-state index contributed by atoms with van der Waals surface area (Å²) in [6.45, 7) is 10.8. The number of nitrogens with zero attached hydrogens (tertiary/aromatic N) is 3. The molecule has 0 atom stereocenters. The Bertz CT molecular complexity index is 1000. The number of aryl methyl sites for hydroxylation is 1. The number of methoxy groups -OCH3 is 1. The molecule has 1 aliphatic rings. The van der Waals surface area contributed by atoms with Crippen LogP contribution in [0.2, 0.25) is 0 Å². The number of aromatic nitrogens is 3. The standard InChI is InChI=1S/C23H29N3O2S/c1-15-14-24-21(29-15)19-11-17(16-12-22(2,3)28-23(4,5)13-16)25-26(19)18-9-7-8-10-20(18)27-6/h7-11,14,16H,12-13H2,1-6H3. The molecule has 6 heteroatoms. The lowest BCUT2D eigenvalue weighted by molar-refractivity contribution is -0.162. The molecule has 1 aromatic carbocycles. The largest absolute Gasteiger partial charge is 0.494 e. The Morgan fingerprint density at radius 3 is 2.45 bits per heavy atom. The van der Waals surface area contributed by atoms with Crippen LogP contribution < -0.4 is 4.74 Å². The summed E-state index contributed by atoms with van der Waals surface area (Å²) in [5.41, 5.74) is 2.65. The minimum Gasteiger partial charge on any atom is -0.494 e. The first kappa shape index (κ1) is 20.1. The molecule has 5 nitrogen and oxygen atoms in total. The Morgan fingerprint density at radius 2 is 1.83 bits per heavy atom. The van der Waals surface area contributed by atoms with Gasteiger partial charge in [-0.1, -0.05) is 12.1 Å². The van der Waals surface area contributed by atoms with Crippen molar-refractivity contribution in [2.45, 2.75) is 64.6 Å². The predicted molar refractivity (Wildman–Crippen MR) is 117 cm³/mol. The maximum absolute atomic E-state index is 6.29. The highest BCUT2D eigenvalue weighted by atomic mass is 32.1. The van der Waals surface area contributed by atoms with Gasteiger partial charge in [-0.15, -0.1) is 11.3 Å². The Morgan fingerprint density at radius 1 is 1.14 bits per heavy atom. The summed E-state index contributed by atoms with van der Waals surface area (Å²) in [5.74, 6) is 1.12. The van der Waals surface area contributed by atoms with E-state index in [0.717, 1.165) is 40.7 Å². The number of hydrogen-bond acceptors (Lipinski definition) is 5. The maximum atomic E-state index is 6.29. The highest BCUT2D eigenvalue weighted by Crippen LogP contribution is 2.44. The minimum atomic E-state index is -0.182. The van der Waals surface area contributed by atoms with Crippen molar-refractivity contribution in [1.82, 2.24) is 14.8 Å². The van der Waals surface area contributed by atoms with Gasteiger partial charge in [-0.25, -0.2) is 9.67 Å². The van der Waals surface area contributed by atoms with Crippen LogP contribution >= 0.6 is 11.3 Å². The Balaban J connectivity index is 1.84. The summed E-state index contributed by atoms with van der Waals surface area (Å²) in [5, 5.41) is 6.05. The van der Waals surface area contributed by atoms with Gasteiger partial charge in [-0.05, 0) is 65.7 Å². The first-order valence-corrected chi connectivity index (χ1v) is 10.9. The van der Waals surface area contributed by atoms with Crippen molar-refractivity contribution < 1.29 is 9.47 Å². The van der Waals surface area contributed by atoms with Crippen LogP contribution in [0.5, 0.6) is 5.75 Å². The molecule has 4 rings (SSSR count). The average molecular weight is 412 g/mol. The number of thiazole rings is 1. The molecule has 3 heterocycles. The van der Waals surface area contributed by atoms with Crippen molar-refractivity contribution in [1.29, 1.82) is 0 Å². The third-order valence-electron chi connectivity index (χ3n) is 5.33. The van der Waals surface area contributed by atoms with E-state index in [1.807, 2.05) is 35.1 Å². The molecule has 154 valence electrons. The van der Waals surface area contributed by atoms with Crippen LogP contribution in [0.1, 0.15) is 57.0 Å². The number of rotatable bonds is 4. The number of benzene rings is 1. The summed E-state index contributed by atoms with van der Waals surface area (Å²) in [6, 6.07) is 10.2. The van der Waals surface area contributed by atoms with E-state index < -0.39 is 0 Å². The van der Waals surface area contributed by atoms with Gasteiger partial charge in [0.15, 0.2) is 0 Å². The van der Waals surface area contributed by atoms with Crippen LogP contribution in [0, 0.1) is 6.92 Å². The van der Waals surface area contributed by atoms with E-state index in [1.54, 1.807) is 18.4 Å². The second-order valence-corrected chi connectivity index (χ2v) is 10.3. The molecule has 1 aliphatic heterocycles. The fourth-order valence-corrected chi connectivity index (χ4v) is 5.28. The van der Waals surface area contributed by atoms with Gasteiger partial charge in [0, 0.05) is 17.0 Å². The molecule has 0 radical (unpaired) electrons. The van der Waals surface area contributed by atoms with Crippen molar-refractivity contribution in [2.24, 2.45) is 0 Å². The lowest BCUT2D eigenvalue weighted by Gasteiger charge is -2.45. The number of ether oxygens (including phenoxy) is 2. The van der Waals surface area contributed by atoms with Gasteiger partial charge in [-0.3, -0.25) is 0 Å². The minimum absolute atomic E-state index is 0.182. The van der Waals surface area contributed by atoms with Gasteiger partial charge in [0.05, 0.1) is 24.0 Å². The molecular weight excluding hydrogens is 382 g/mol. The van der Waals surface area contributed by atoms with E-state index in [4.69, 9.17) is 14.6 Å². The Labute approximate surface area is 176 Å². The quantitative estimate of drug-likeness (QED) is 0.547. The second kappa shape index (κ2) is 7.26. The smallest absolute Gasteiger partial charge is 0.144 e. The van der Waals surface area contributed by atoms with Crippen molar-refractivity contribution >= 4 is 11.3 Å². The number of para-hydroxylation sites is 2. The highest BCUT2D eigenvalue weighted by Gasteiger charge is 2.41. The molecular formula is C23H29N3O2S. The van der Waals surface area contributed by atoms with Crippen LogP contribution in [0.4, 0.5) is 0 Å². The first-order chi connectivity index (χ1) is 13.7. The summed E-state index contributed by atoms with van der Waals surface area (Å²) >= 11 is 1.69. The zero-order valence-electron chi connectivity index (χ0n) is 18.0. The maximum Gasteiger partial charge on any atom is 0.144 e. The summed E-state index contributed by atoms with van der Waals surface area (Å²) in [6.07, 6.45) is 3.80. The molecule has 0 bridgehead atoms. The van der Waals surface area contributed by atoms with Gasteiger partial charge in [0.2, 0.25) is 0 Å². The third kappa shape index (κ3) is 4.09. The van der Waals surface area contributed by atoms with Crippen LogP contribution in [0.15, 0.2) is 36.5 Å². The summed E-state index contributed by atoms with van der Waals surface area (Å²) < 4.78 is 13.9. The first-order valence-electron chi connectivity index (χ1n) is 10.0. The zero-order chi connectivity index (χ0) is 20.8. The Hall–Kier alpha value is -2.18. The third-order valence-corrected chi connectivity index (χ3v) is 6.26. The van der Waals surface area contributed by atoms with Crippen LogP contribution in [-0.4, -0.2) is 33.1 Å². The van der Waals surface area contributed by atoms with E-state index >= 15 is 0 Å². The van der Waals surface area contributed by atoms with Crippen LogP contribution in [0.25, 0.3) is 16.4 Å². The predicted octanol–water partition coefficient (Wildman–Crippen LogP) is 5.76. The van der Waals surface area contributed by atoms with Crippen molar-refractivity contribution in [2.75, 3.05) is 7.11 Å². The van der Waals surface area contributed by atoms with Gasteiger partial charge in [-0.2, -0.15) is 5.10 Å². The second-order valence-electron chi connectivity index (χ2n) is 9.04. The topological polar surface area (TPSA) is 49.2 Å². The molecule has 0 aliphatic carbocycles. The molecule has 0 amide bonds. The molecule has 0 spiro atoms. The van der Waals surface area contributed by atoms with Crippen molar-refractivity contribution in [3.63, 3.8) is 0 Å². The van der Waals surface area contributed by atoms with E-state index in [2.05, 4.69) is 45.7 Å². The number of hydrogen-bond donors (Lipinski definition) is 0. The molecule has 0 saturated carbocycles. The SMILES string of the molecule is COc1ccccc1-n1nc(C2CC(C)(C)OC(C)(C)C2)cc1-c1ncc(C)s1. The summed E-state index contributed by atoms with van der Waals surface area (Å²) in [4.78, 5) is 5.82. The molecule has 1 saturated heterocycles. The van der Waals surface area contributed by atoms with E-state index in [-0.39, 0.29) is 11.2 Å². The molecule has 3 aromatic rings. The zero-order valence-corrected chi connectivity index (χ0v) is 18.8. The lowest BCUT2D eigenvalue weighted by Crippen LogP contribution is -2.44. The van der Waals surface area contributed by atoms with Gasteiger partial charge in [0.25, 0.3) is 0 Å². The fourth-order valence-electron chi connectivity index (χ4n) is 4.51. The average Bonchev–Trinajstić information content (AvgIpc) is 3.25. The molecule has 2 aromatic heterocycles. The fraction of sp³-hybridized carbons (Fsp3) is 0.478. The van der Waals surface area contributed by atoms with Crippen LogP contribution in [-0.2, 0) is 4.74 Å². The van der Waals surface area contributed by atoms with Gasteiger partial charge >= 0.3 is 0 Å². The van der Waals surface area contributed by atoms with Crippen LogP contribution in [0.3, 0.4) is 0 Å². The molecule has 0 unspecified atom stereocenters. The Kier molecular flexibility index (Phi) is 5.03. The lowest BCUT2D eigenvalue weighted by atomic mass is 9.79. The molecule has 1 fully saturated rings. The molecule has 29 heavy (non-hydrogen) atoms. The van der Waals surface area contributed by atoms with Gasteiger partial charge < -0.3 is 9.47 Å². The highest BCUT2D eigenvalue weighted by molar-refractivity contribution is 7.14. The molecule has 0 N–H and O–H groups in total. The normalized spacial score (nSPS) is 18.7. The van der Waals surface area contributed by atoms with Crippen molar-refractivity contribution in [3.05, 3.63) is 47.1 Å².